The van der Waals surface area contributed by atoms with E-state index in [4.69, 9.17) is 4.74 Å². The molecule has 2 aromatic carbocycles. The lowest BCUT2D eigenvalue weighted by Gasteiger charge is -2.35. The first-order valence-electron chi connectivity index (χ1n) is 10.7. The molecule has 0 aliphatic carbocycles. The van der Waals surface area contributed by atoms with Crippen molar-refractivity contribution in [1.29, 1.82) is 0 Å². The van der Waals surface area contributed by atoms with Crippen LogP contribution in [0.2, 0.25) is 0 Å². The summed E-state index contributed by atoms with van der Waals surface area (Å²) in [5.74, 6) is -0.0495. The second-order valence-corrected chi connectivity index (χ2v) is 8.89. The Balaban J connectivity index is 1.12. The van der Waals surface area contributed by atoms with E-state index in [0.29, 0.717) is 12.3 Å². The molecule has 172 valence electrons. The summed E-state index contributed by atoms with van der Waals surface area (Å²) in [6.07, 6.45) is 1.23. The van der Waals surface area contributed by atoms with E-state index in [0.717, 1.165) is 47.5 Å². The zero-order valence-electron chi connectivity index (χ0n) is 17.8. The van der Waals surface area contributed by atoms with E-state index < -0.39 is 6.10 Å². The molecule has 0 amide bonds. The number of halogens is 2. The van der Waals surface area contributed by atoms with Crippen molar-refractivity contribution in [2.24, 2.45) is 0 Å². The van der Waals surface area contributed by atoms with E-state index in [1.54, 1.807) is 28.8 Å². The number of benzene rings is 2. The molecule has 5 rings (SSSR count). The molecule has 3 heterocycles. The molecule has 4 aromatic rings. The highest BCUT2D eigenvalue weighted by Gasteiger charge is 2.22. The predicted molar refractivity (Wildman–Crippen MR) is 123 cm³/mol. The number of β-amino-alcohol motifs (C(OH)–C–C–N with tert-alkyl or cyclic N) is 1. The average Bonchev–Trinajstić information content (AvgIpc) is 3.39. The Kier molecular flexibility index (Phi) is 6.21. The molecule has 1 saturated heterocycles. The van der Waals surface area contributed by atoms with Gasteiger partial charge < -0.3 is 14.7 Å². The minimum Gasteiger partial charge on any atom is -0.491 e. The van der Waals surface area contributed by atoms with Gasteiger partial charge in [0.2, 0.25) is 10.1 Å². The third-order valence-electron chi connectivity index (χ3n) is 5.54. The quantitative estimate of drug-likeness (QED) is 0.446. The monoisotopic (exact) mass is 471 g/mol. The molecule has 1 aliphatic heterocycles. The summed E-state index contributed by atoms with van der Waals surface area (Å²) in [5, 5.41) is 15.9. The van der Waals surface area contributed by atoms with Crippen LogP contribution in [0.3, 0.4) is 0 Å². The summed E-state index contributed by atoms with van der Waals surface area (Å²) in [5.41, 5.74) is 1.62. The Morgan fingerprint density at radius 3 is 2.30 bits per heavy atom. The Labute approximate surface area is 193 Å². The highest BCUT2D eigenvalue weighted by Crippen LogP contribution is 2.27. The van der Waals surface area contributed by atoms with Gasteiger partial charge in [0.25, 0.3) is 0 Å². The minimum absolute atomic E-state index is 0.159. The van der Waals surface area contributed by atoms with Gasteiger partial charge in [-0.15, -0.1) is 5.10 Å². The summed E-state index contributed by atoms with van der Waals surface area (Å²) in [6.45, 7) is 3.87. The molecular formula is C23H23F2N5O2S. The Hall–Kier alpha value is -3.08. The lowest BCUT2D eigenvalue weighted by atomic mass is 10.2. The van der Waals surface area contributed by atoms with Gasteiger partial charge in [0, 0.05) is 38.3 Å². The van der Waals surface area contributed by atoms with Gasteiger partial charge in [-0.05, 0) is 48.5 Å². The molecule has 1 aliphatic rings. The van der Waals surface area contributed by atoms with E-state index in [1.165, 1.54) is 35.6 Å². The number of hydrogen-bond acceptors (Lipinski definition) is 7. The van der Waals surface area contributed by atoms with Crippen molar-refractivity contribution in [3.05, 3.63) is 66.4 Å². The topological polar surface area (TPSA) is 66.1 Å². The summed E-state index contributed by atoms with van der Waals surface area (Å²) < 4.78 is 33.4. The Bertz CT molecular complexity index is 1170. The number of imidazole rings is 1. The van der Waals surface area contributed by atoms with Crippen LogP contribution in [-0.4, -0.2) is 70.0 Å². The third kappa shape index (κ3) is 5.13. The van der Waals surface area contributed by atoms with Crippen LogP contribution < -0.4 is 9.64 Å². The number of rotatable bonds is 7. The molecular weight excluding hydrogens is 448 g/mol. The summed E-state index contributed by atoms with van der Waals surface area (Å²) in [7, 11) is 0. The van der Waals surface area contributed by atoms with Gasteiger partial charge in [0.15, 0.2) is 0 Å². The molecule has 1 fully saturated rings. The van der Waals surface area contributed by atoms with Gasteiger partial charge in [0.05, 0.1) is 11.9 Å². The second kappa shape index (κ2) is 9.42. The third-order valence-corrected chi connectivity index (χ3v) is 6.52. The van der Waals surface area contributed by atoms with Crippen LogP contribution in [0.15, 0.2) is 54.7 Å². The van der Waals surface area contributed by atoms with Gasteiger partial charge in [-0.3, -0.25) is 4.90 Å². The predicted octanol–water partition coefficient (Wildman–Crippen LogP) is 3.30. The summed E-state index contributed by atoms with van der Waals surface area (Å²) >= 11 is 1.52. The normalized spacial score (nSPS) is 15.8. The van der Waals surface area contributed by atoms with Crippen molar-refractivity contribution in [1.82, 2.24) is 19.5 Å². The summed E-state index contributed by atoms with van der Waals surface area (Å²) in [4.78, 5) is 9.83. The van der Waals surface area contributed by atoms with Crippen molar-refractivity contribution in [3.63, 3.8) is 0 Å². The van der Waals surface area contributed by atoms with Crippen LogP contribution in [0.5, 0.6) is 5.75 Å². The largest absolute Gasteiger partial charge is 0.491 e. The molecule has 1 atom stereocenters. The minimum atomic E-state index is -0.630. The fourth-order valence-electron chi connectivity index (χ4n) is 3.77. The van der Waals surface area contributed by atoms with E-state index >= 15 is 0 Å². The van der Waals surface area contributed by atoms with Crippen molar-refractivity contribution in [2.75, 3.05) is 44.2 Å². The molecule has 1 unspecified atom stereocenters. The number of aromatic nitrogens is 3. The molecule has 33 heavy (non-hydrogen) atoms. The lowest BCUT2D eigenvalue weighted by molar-refractivity contribution is 0.0663. The van der Waals surface area contributed by atoms with Gasteiger partial charge in [-0.1, -0.05) is 11.3 Å². The number of anilines is 1. The molecule has 0 spiro atoms. The molecule has 2 aromatic heterocycles. The molecule has 10 heteroatoms. The first kappa shape index (κ1) is 21.7. The number of aliphatic hydroxyl groups excluding tert-OH is 1. The number of aliphatic hydroxyl groups is 1. The summed E-state index contributed by atoms with van der Waals surface area (Å²) in [6, 6.07) is 12.0. The van der Waals surface area contributed by atoms with Crippen molar-refractivity contribution in [2.45, 2.75) is 6.10 Å². The molecule has 7 nitrogen and oxygen atoms in total. The fraction of sp³-hybridized carbons (Fsp3) is 0.304. The SMILES string of the molecule is OC(COc1ccc(F)cc1)CN1CCN(c2nn3cc(-c4ccc(F)cc4)nc3s2)CC1. The number of fused-ring (bicyclic) bond motifs is 1. The van der Waals surface area contributed by atoms with E-state index in [9.17, 15) is 13.9 Å². The average molecular weight is 472 g/mol. The standard InChI is InChI=1S/C23H23F2N5O2S/c24-17-3-1-16(2-4-17)21-14-30-22(26-21)33-23(27-30)29-11-9-28(10-12-29)13-19(31)15-32-20-7-5-18(25)6-8-20/h1-8,14,19,31H,9-13,15H2. The maximum atomic E-state index is 13.1. The Morgan fingerprint density at radius 2 is 1.64 bits per heavy atom. The maximum absolute atomic E-state index is 13.1. The zero-order chi connectivity index (χ0) is 22.8. The molecule has 0 saturated carbocycles. The fourth-order valence-corrected chi connectivity index (χ4v) is 4.71. The van der Waals surface area contributed by atoms with E-state index in [1.807, 2.05) is 6.20 Å². The number of piperazine rings is 1. The van der Waals surface area contributed by atoms with Crippen molar-refractivity contribution < 1.29 is 18.6 Å². The first-order chi connectivity index (χ1) is 16.0. The molecule has 1 N–H and O–H groups in total. The Morgan fingerprint density at radius 1 is 0.970 bits per heavy atom. The zero-order valence-corrected chi connectivity index (χ0v) is 18.6. The highest BCUT2D eigenvalue weighted by molar-refractivity contribution is 7.20. The number of hydrogen-bond donors (Lipinski definition) is 1. The smallest absolute Gasteiger partial charge is 0.214 e. The number of nitrogens with zero attached hydrogens (tertiary/aromatic N) is 5. The molecule has 0 radical (unpaired) electrons. The lowest BCUT2D eigenvalue weighted by Crippen LogP contribution is -2.49. The first-order valence-corrected chi connectivity index (χ1v) is 11.5. The number of ether oxygens (including phenoxy) is 1. The van der Waals surface area contributed by atoms with Crippen LogP contribution in [0, 0.1) is 11.6 Å². The maximum Gasteiger partial charge on any atom is 0.214 e. The van der Waals surface area contributed by atoms with Crippen LogP contribution in [0.4, 0.5) is 13.9 Å². The molecule has 0 bridgehead atoms. The van der Waals surface area contributed by atoms with E-state index in [2.05, 4.69) is 19.9 Å². The van der Waals surface area contributed by atoms with Crippen LogP contribution in [-0.2, 0) is 0 Å². The van der Waals surface area contributed by atoms with Gasteiger partial charge >= 0.3 is 0 Å². The van der Waals surface area contributed by atoms with Crippen molar-refractivity contribution >= 4 is 21.4 Å². The van der Waals surface area contributed by atoms with Crippen molar-refractivity contribution in [3.8, 4) is 17.0 Å². The van der Waals surface area contributed by atoms with Crippen LogP contribution in [0.1, 0.15) is 0 Å². The van der Waals surface area contributed by atoms with Crippen LogP contribution in [0.25, 0.3) is 16.2 Å². The van der Waals surface area contributed by atoms with Gasteiger partial charge in [0.1, 0.15) is 30.1 Å². The second-order valence-electron chi connectivity index (χ2n) is 7.95. The van der Waals surface area contributed by atoms with Gasteiger partial charge in [-0.2, -0.15) is 0 Å². The van der Waals surface area contributed by atoms with Gasteiger partial charge in [-0.25, -0.2) is 18.3 Å². The van der Waals surface area contributed by atoms with Crippen LogP contribution >= 0.6 is 11.3 Å². The highest BCUT2D eigenvalue weighted by atomic mass is 32.1. The van der Waals surface area contributed by atoms with E-state index in [-0.39, 0.29) is 18.2 Å².